The third kappa shape index (κ3) is 32.7. The molecular formula is C48H87NO10. The lowest BCUT2D eigenvalue weighted by atomic mass is 10.0. The van der Waals surface area contributed by atoms with Crippen LogP contribution in [0.3, 0.4) is 0 Å². The fraction of sp³-hybridized carbons (Fsp3) is 0.896. The highest BCUT2D eigenvalue weighted by Crippen LogP contribution is 2.18. The van der Waals surface area contributed by atoms with Crippen LogP contribution in [0.15, 0.2) is 0 Å². The molecule has 0 aromatic rings. The van der Waals surface area contributed by atoms with Gasteiger partial charge in [-0.3, -0.25) is 24.0 Å². The van der Waals surface area contributed by atoms with Crippen molar-refractivity contribution in [2.24, 2.45) is 17.8 Å². The van der Waals surface area contributed by atoms with E-state index in [9.17, 15) is 24.0 Å². The summed E-state index contributed by atoms with van der Waals surface area (Å²) in [5, 5.41) is 0. The van der Waals surface area contributed by atoms with Crippen LogP contribution in [0, 0.1) is 17.8 Å². The normalized spacial score (nSPS) is 14.6. The maximum absolute atomic E-state index is 12.8. The van der Waals surface area contributed by atoms with Gasteiger partial charge < -0.3 is 28.6 Å². The minimum absolute atomic E-state index is 0.00858. The number of carbonyl (C=O) groups excluding carboxylic acids is 5. The molecule has 344 valence electrons. The quantitative estimate of drug-likeness (QED) is 0.0331. The number of hydrogen-bond donors (Lipinski definition) is 0. The number of nitrogens with zero attached hydrogens (tertiary/aromatic N) is 1. The highest BCUT2D eigenvalue weighted by Gasteiger charge is 2.28. The molecule has 0 saturated carbocycles. The number of carbonyl (C=O) groups is 5. The lowest BCUT2D eigenvalue weighted by Crippen LogP contribution is -2.29. The average Bonchev–Trinajstić information content (AvgIpc) is 3.67. The van der Waals surface area contributed by atoms with Crippen molar-refractivity contribution in [2.75, 3.05) is 53.2 Å². The summed E-state index contributed by atoms with van der Waals surface area (Å²) in [7, 11) is 1.97. The predicted molar refractivity (Wildman–Crippen MR) is 234 cm³/mol. The fourth-order valence-corrected chi connectivity index (χ4v) is 7.32. The van der Waals surface area contributed by atoms with Crippen LogP contribution in [0.5, 0.6) is 0 Å². The number of likely N-dealkylation sites (tertiary alicyclic amines) is 1. The summed E-state index contributed by atoms with van der Waals surface area (Å²) in [5.74, 6) is -2.21. The second kappa shape index (κ2) is 38.2. The first kappa shape index (κ1) is 54.3. The highest BCUT2D eigenvalue weighted by atomic mass is 16.6. The number of ether oxygens (including phenoxy) is 5. The SMILES string of the molecule is CCCCCCCCCCCCCC(=O)OCC(COC(=O)CCCCC(COC(=O)CCCCCCC)COC(=O)CCCCCCC)COC(=O)C1CCN(C)C1. The van der Waals surface area contributed by atoms with Crippen LogP contribution in [0.2, 0.25) is 0 Å². The van der Waals surface area contributed by atoms with Crippen molar-refractivity contribution in [1.29, 1.82) is 0 Å². The lowest BCUT2D eigenvalue weighted by molar-refractivity contribution is -0.156. The van der Waals surface area contributed by atoms with Gasteiger partial charge in [-0.25, -0.2) is 0 Å². The van der Waals surface area contributed by atoms with E-state index in [1.165, 1.54) is 51.4 Å². The van der Waals surface area contributed by atoms with Crippen molar-refractivity contribution >= 4 is 29.8 Å². The molecule has 0 aliphatic carbocycles. The van der Waals surface area contributed by atoms with Crippen LogP contribution >= 0.6 is 0 Å². The maximum atomic E-state index is 12.8. The van der Waals surface area contributed by atoms with Gasteiger partial charge in [0.2, 0.25) is 0 Å². The summed E-state index contributed by atoms with van der Waals surface area (Å²) in [6.45, 7) is 8.40. The molecule has 1 heterocycles. The Balaban J connectivity index is 2.53. The third-order valence-corrected chi connectivity index (χ3v) is 11.3. The van der Waals surface area contributed by atoms with Crippen molar-refractivity contribution in [3.63, 3.8) is 0 Å². The van der Waals surface area contributed by atoms with Gasteiger partial charge in [-0.05, 0) is 52.1 Å². The lowest BCUT2D eigenvalue weighted by Gasteiger charge is -2.19. The van der Waals surface area contributed by atoms with Crippen molar-refractivity contribution in [3.05, 3.63) is 0 Å². The van der Waals surface area contributed by atoms with Crippen LogP contribution in [-0.4, -0.2) is 87.9 Å². The Morgan fingerprint density at radius 2 is 0.763 bits per heavy atom. The highest BCUT2D eigenvalue weighted by molar-refractivity contribution is 5.73. The topological polar surface area (TPSA) is 135 Å². The third-order valence-electron chi connectivity index (χ3n) is 11.3. The van der Waals surface area contributed by atoms with E-state index in [1.807, 2.05) is 7.05 Å². The van der Waals surface area contributed by atoms with Gasteiger partial charge in [-0.1, -0.05) is 143 Å². The van der Waals surface area contributed by atoms with E-state index < -0.39 is 5.92 Å². The van der Waals surface area contributed by atoms with Crippen LogP contribution in [-0.2, 0) is 47.7 Å². The number of hydrogen-bond acceptors (Lipinski definition) is 11. The van der Waals surface area contributed by atoms with E-state index in [1.54, 1.807) is 0 Å². The summed E-state index contributed by atoms with van der Waals surface area (Å²) in [6.07, 6.45) is 27.6. The average molecular weight is 838 g/mol. The maximum Gasteiger partial charge on any atom is 0.310 e. The van der Waals surface area contributed by atoms with Gasteiger partial charge >= 0.3 is 29.8 Å². The molecule has 11 heteroatoms. The van der Waals surface area contributed by atoms with Crippen molar-refractivity contribution in [3.8, 4) is 0 Å². The zero-order chi connectivity index (χ0) is 43.2. The minimum Gasteiger partial charge on any atom is -0.465 e. The van der Waals surface area contributed by atoms with E-state index in [2.05, 4.69) is 25.7 Å². The van der Waals surface area contributed by atoms with Gasteiger partial charge in [0.25, 0.3) is 0 Å². The summed E-state index contributed by atoms with van der Waals surface area (Å²) >= 11 is 0. The van der Waals surface area contributed by atoms with Crippen molar-refractivity contribution in [1.82, 2.24) is 4.90 Å². The molecule has 0 radical (unpaired) electrons. The van der Waals surface area contributed by atoms with Crippen molar-refractivity contribution in [2.45, 2.75) is 207 Å². The zero-order valence-corrected chi connectivity index (χ0v) is 38.2. The van der Waals surface area contributed by atoms with Gasteiger partial charge in [0.05, 0.1) is 25.0 Å². The van der Waals surface area contributed by atoms with Crippen LogP contribution in [0.4, 0.5) is 0 Å². The smallest absolute Gasteiger partial charge is 0.310 e. The first-order valence-corrected chi connectivity index (χ1v) is 24.2. The molecule has 0 aromatic carbocycles. The van der Waals surface area contributed by atoms with Gasteiger partial charge in [-0.2, -0.15) is 0 Å². The molecule has 0 aromatic heterocycles. The van der Waals surface area contributed by atoms with Gasteiger partial charge in [0, 0.05) is 38.1 Å². The summed E-state index contributed by atoms with van der Waals surface area (Å²) in [6, 6.07) is 0. The molecule has 0 spiro atoms. The monoisotopic (exact) mass is 838 g/mol. The molecule has 0 bridgehead atoms. The predicted octanol–water partition coefficient (Wildman–Crippen LogP) is 10.9. The molecule has 0 amide bonds. The molecule has 0 N–H and O–H groups in total. The summed E-state index contributed by atoms with van der Waals surface area (Å²) in [5.41, 5.74) is 0. The molecule has 1 aliphatic heterocycles. The molecule has 2 unspecified atom stereocenters. The molecule has 1 fully saturated rings. The Hall–Kier alpha value is -2.69. The van der Waals surface area contributed by atoms with E-state index >= 15 is 0 Å². The number of rotatable bonds is 40. The Labute approximate surface area is 359 Å². The Morgan fingerprint density at radius 1 is 0.441 bits per heavy atom. The Kier molecular flexibility index (Phi) is 35.2. The number of unbranched alkanes of at least 4 members (excludes halogenated alkanes) is 19. The Bertz CT molecular complexity index is 1050. The molecule has 2 atom stereocenters. The second-order valence-corrected chi connectivity index (χ2v) is 17.2. The first-order chi connectivity index (χ1) is 28.7. The fourth-order valence-electron chi connectivity index (χ4n) is 7.32. The minimum atomic E-state index is -0.463. The molecule has 1 rings (SSSR count). The van der Waals surface area contributed by atoms with Gasteiger partial charge in [0.1, 0.15) is 19.8 Å². The van der Waals surface area contributed by atoms with Crippen molar-refractivity contribution < 1.29 is 47.7 Å². The number of esters is 5. The molecule has 11 nitrogen and oxygen atoms in total. The van der Waals surface area contributed by atoms with E-state index in [0.29, 0.717) is 45.1 Å². The molecule has 59 heavy (non-hydrogen) atoms. The van der Waals surface area contributed by atoms with Crippen LogP contribution in [0.25, 0.3) is 0 Å². The van der Waals surface area contributed by atoms with Crippen LogP contribution < -0.4 is 0 Å². The first-order valence-electron chi connectivity index (χ1n) is 24.2. The van der Waals surface area contributed by atoms with E-state index in [-0.39, 0.29) is 81.1 Å². The standard InChI is InChI=1S/C48H87NO10/c1-5-8-11-14-15-16-17-18-19-22-25-31-46(52)57-38-42(40-59-48(54)43-33-34-49(4)35-43)39-58-47(53)32-27-26-28-41(36-55-44(50)29-23-20-12-9-6-2)37-56-45(51)30-24-21-13-10-7-3/h41-43H,5-40H2,1-4H3. The molecular weight excluding hydrogens is 751 g/mol. The summed E-state index contributed by atoms with van der Waals surface area (Å²) < 4.78 is 28.0. The summed E-state index contributed by atoms with van der Waals surface area (Å²) in [4.78, 5) is 65.1. The molecule has 1 saturated heterocycles. The molecule has 1 aliphatic rings. The zero-order valence-electron chi connectivity index (χ0n) is 38.2. The van der Waals surface area contributed by atoms with E-state index in [4.69, 9.17) is 23.7 Å². The van der Waals surface area contributed by atoms with Gasteiger partial charge in [-0.15, -0.1) is 0 Å². The largest absolute Gasteiger partial charge is 0.465 e. The van der Waals surface area contributed by atoms with Crippen LogP contribution in [0.1, 0.15) is 207 Å². The second-order valence-electron chi connectivity index (χ2n) is 17.2. The van der Waals surface area contributed by atoms with Gasteiger partial charge in [0.15, 0.2) is 0 Å². The van der Waals surface area contributed by atoms with E-state index in [0.717, 1.165) is 96.4 Å². The Morgan fingerprint density at radius 3 is 1.12 bits per heavy atom.